The molecular formula is C29H29FN2O11. The highest BCUT2D eigenvalue weighted by atomic mass is 19.1. The predicted molar refractivity (Wildman–Crippen MR) is 145 cm³/mol. The van der Waals surface area contributed by atoms with Crippen molar-refractivity contribution < 1.29 is 53.1 Å². The summed E-state index contributed by atoms with van der Waals surface area (Å²) in [5.41, 5.74) is -0.345. The van der Waals surface area contributed by atoms with Gasteiger partial charge < -0.3 is 29.5 Å². The van der Waals surface area contributed by atoms with Gasteiger partial charge in [0.05, 0.1) is 30.0 Å². The molecule has 0 aliphatic carbocycles. The van der Waals surface area contributed by atoms with Crippen molar-refractivity contribution in [1.82, 2.24) is 9.55 Å². The topological polar surface area (TPSA) is 192 Å². The summed E-state index contributed by atoms with van der Waals surface area (Å²) in [5, 5.41) is 28.9. The van der Waals surface area contributed by atoms with Gasteiger partial charge >= 0.3 is 23.9 Å². The van der Waals surface area contributed by atoms with Crippen molar-refractivity contribution >= 4 is 34.8 Å². The second-order valence-corrected chi connectivity index (χ2v) is 10.2. The van der Waals surface area contributed by atoms with E-state index in [-0.39, 0.29) is 28.2 Å². The largest absolute Gasteiger partial charge is 0.481 e. The van der Waals surface area contributed by atoms with Crippen molar-refractivity contribution in [3.8, 4) is 11.4 Å². The Bertz CT molecular complexity index is 1620. The van der Waals surface area contributed by atoms with Crippen LogP contribution in [0.4, 0.5) is 4.39 Å². The molecule has 1 saturated heterocycles. The van der Waals surface area contributed by atoms with Gasteiger partial charge in [-0.15, -0.1) is 0 Å². The van der Waals surface area contributed by atoms with Crippen LogP contribution in [-0.4, -0.2) is 67.7 Å². The molecule has 0 amide bonds. The standard InChI is InChI=1S/C29H29FN2O11/c1-14-31-27-18(7-4-8-22(27)30)28(40)32(14)16-5-3-6-17(9-16)42-29-21(12-26(38)39)19(10-24(34)35)20(11-25(36)37)23(43-29)13-41-15(2)33/h3-9,19-21,23,29H,10-13H2,1-2H3,(H,34,35)(H,36,37)(H,38,39)/t19-,20+,21+,23-,29-/m1/s1. The molecule has 0 bridgehead atoms. The lowest BCUT2D eigenvalue weighted by atomic mass is 9.71. The molecular weight excluding hydrogens is 571 g/mol. The fourth-order valence-electron chi connectivity index (χ4n) is 5.50. The first kappa shape index (κ1) is 31.1. The van der Waals surface area contributed by atoms with E-state index in [9.17, 15) is 43.7 Å². The number of aryl methyl sites for hydroxylation is 1. The van der Waals surface area contributed by atoms with E-state index in [4.69, 9.17) is 14.2 Å². The van der Waals surface area contributed by atoms with E-state index in [0.717, 1.165) is 6.92 Å². The molecule has 2 heterocycles. The third-order valence-corrected chi connectivity index (χ3v) is 7.26. The molecule has 1 aliphatic heterocycles. The Labute approximate surface area is 243 Å². The minimum atomic E-state index is -1.40. The van der Waals surface area contributed by atoms with Crippen LogP contribution < -0.4 is 10.3 Å². The first-order valence-electron chi connectivity index (χ1n) is 13.2. The minimum Gasteiger partial charge on any atom is -0.481 e. The number of carboxylic acid groups (broad SMARTS) is 3. The van der Waals surface area contributed by atoms with E-state index in [2.05, 4.69) is 4.98 Å². The minimum absolute atomic E-state index is 0.0448. The number of rotatable bonds is 11. The maximum absolute atomic E-state index is 14.3. The lowest BCUT2D eigenvalue weighted by molar-refractivity contribution is -0.237. The summed E-state index contributed by atoms with van der Waals surface area (Å²) in [6.07, 6.45) is -4.31. The Morgan fingerprint density at radius 3 is 2.23 bits per heavy atom. The van der Waals surface area contributed by atoms with E-state index in [0.29, 0.717) is 0 Å². The molecule has 0 unspecified atom stereocenters. The molecule has 3 aromatic rings. The zero-order valence-electron chi connectivity index (χ0n) is 23.1. The van der Waals surface area contributed by atoms with Crippen LogP contribution in [0.5, 0.6) is 5.75 Å². The van der Waals surface area contributed by atoms with Crippen LogP contribution in [0.25, 0.3) is 16.6 Å². The molecule has 2 aromatic carbocycles. The third-order valence-electron chi connectivity index (χ3n) is 7.26. The van der Waals surface area contributed by atoms with Crippen LogP contribution in [0.3, 0.4) is 0 Å². The van der Waals surface area contributed by atoms with Gasteiger partial charge in [0.2, 0.25) is 6.29 Å². The number of carbonyl (C=O) groups excluding carboxylic acids is 1. The van der Waals surface area contributed by atoms with Crippen LogP contribution in [0.2, 0.25) is 0 Å². The van der Waals surface area contributed by atoms with E-state index in [1.165, 1.54) is 41.8 Å². The van der Waals surface area contributed by atoms with Crippen LogP contribution in [0.15, 0.2) is 47.3 Å². The number of aromatic nitrogens is 2. The molecule has 14 heteroatoms. The monoisotopic (exact) mass is 600 g/mol. The number of ether oxygens (including phenoxy) is 3. The van der Waals surface area contributed by atoms with Gasteiger partial charge in [-0.05, 0) is 37.1 Å². The summed E-state index contributed by atoms with van der Waals surface area (Å²) in [7, 11) is 0. The Morgan fingerprint density at radius 1 is 0.953 bits per heavy atom. The number of nitrogens with zero attached hydrogens (tertiary/aromatic N) is 2. The Morgan fingerprint density at radius 2 is 1.58 bits per heavy atom. The number of carboxylic acids is 3. The van der Waals surface area contributed by atoms with Crippen molar-refractivity contribution in [3.63, 3.8) is 0 Å². The second-order valence-electron chi connectivity index (χ2n) is 10.2. The predicted octanol–water partition coefficient (Wildman–Crippen LogP) is 2.77. The van der Waals surface area contributed by atoms with Crippen molar-refractivity contribution in [3.05, 3.63) is 64.5 Å². The highest BCUT2D eigenvalue weighted by Crippen LogP contribution is 2.42. The molecule has 1 aromatic heterocycles. The van der Waals surface area contributed by atoms with Gasteiger partial charge in [0.25, 0.3) is 5.56 Å². The fourth-order valence-corrected chi connectivity index (χ4v) is 5.50. The summed E-state index contributed by atoms with van der Waals surface area (Å²) in [6.45, 7) is 2.24. The number of hydrogen-bond donors (Lipinski definition) is 3. The SMILES string of the molecule is CC(=O)OC[C@H]1O[C@@H](Oc2cccc(-n3c(C)nc4c(F)cccc4c3=O)c2)[C@@H](CC(=O)O)[C@H](CC(=O)O)[C@@H]1CC(=O)O. The Balaban J connectivity index is 1.75. The number of esters is 1. The quantitative estimate of drug-likeness (QED) is 0.273. The van der Waals surface area contributed by atoms with Crippen molar-refractivity contribution in [2.45, 2.75) is 45.5 Å². The van der Waals surface area contributed by atoms with Gasteiger partial charge in [0, 0.05) is 31.2 Å². The molecule has 0 saturated carbocycles. The number of halogens is 1. The zero-order valence-corrected chi connectivity index (χ0v) is 23.1. The van der Waals surface area contributed by atoms with E-state index >= 15 is 0 Å². The van der Waals surface area contributed by atoms with Crippen molar-refractivity contribution in [1.29, 1.82) is 0 Å². The third kappa shape index (κ3) is 7.15. The van der Waals surface area contributed by atoms with Crippen molar-refractivity contribution in [2.24, 2.45) is 17.8 Å². The number of para-hydroxylation sites is 1. The molecule has 5 atom stereocenters. The Hall–Kier alpha value is -4.85. The molecule has 4 rings (SSSR count). The van der Waals surface area contributed by atoms with Gasteiger partial charge in [0.15, 0.2) is 0 Å². The molecule has 3 N–H and O–H groups in total. The number of benzene rings is 2. The molecule has 0 spiro atoms. The van der Waals surface area contributed by atoms with Crippen LogP contribution in [0, 0.1) is 30.5 Å². The first-order chi connectivity index (χ1) is 20.3. The fraction of sp³-hybridized carbons (Fsp3) is 0.379. The van der Waals surface area contributed by atoms with Gasteiger partial charge in [-0.25, -0.2) is 9.37 Å². The van der Waals surface area contributed by atoms with Gasteiger partial charge in [-0.1, -0.05) is 12.1 Å². The van der Waals surface area contributed by atoms with Crippen LogP contribution >= 0.6 is 0 Å². The molecule has 1 fully saturated rings. The van der Waals surface area contributed by atoms with Gasteiger partial charge in [-0.3, -0.25) is 28.5 Å². The summed E-state index contributed by atoms with van der Waals surface area (Å²) in [6, 6.07) is 10.1. The maximum Gasteiger partial charge on any atom is 0.303 e. The summed E-state index contributed by atoms with van der Waals surface area (Å²) in [5.74, 6) is -8.11. The van der Waals surface area contributed by atoms with E-state index < -0.39 is 91.3 Å². The zero-order chi connectivity index (χ0) is 31.4. The van der Waals surface area contributed by atoms with Gasteiger partial charge in [-0.2, -0.15) is 0 Å². The summed E-state index contributed by atoms with van der Waals surface area (Å²) in [4.78, 5) is 64.4. The normalized spacial score (nSPS) is 21.7. The summed E-state index contributed by atoms with van der Waals surface area (Å²) >= 11 is 0. The number of carbonyl (C=O) groups is 4. The molecule has 228 valence electrons. The summed E-state index contributed by atoms with van der Waals surface area (Å²) < 4.78 is 32.6. The number of fused-ring (bicyclic) bond motifs is 1. The maximum atomic E-state index is 14.3. The number of hydrogen-bond acceptors (Lipinski definition) is 9. The van der Waals surface area contributed by atoms with E-state index in [1.807, 2.05) is 0 Å². The van der Waals surface area contributed by atoms with E-state index in [1.54, 1.807) is 12.1 Å². The highest BCUT2D eigenvalue weighted by Gasteiger charge is 2.49. The molecule has 13 nitrogen and oxygen atoms in total. The van der Waals surface area contributed by atoms with Gasteiger partial charge in [0.1, 0.15) is 29.5 Å². The first-order valence-corrected chi connectivity index (χ1v) is 13.2. The average Bonchev–Trinajstić information content (AvgIpc) is 2.91. The van der Waals surface area contributed by atoms with Crippen LogP contribution in [-0.2, 0) is 28.7 Å². The molecule has 43 heavy (non-hydrogen) atoms. The second kappa shape index (κ2) is 13.0. The van der Waals surface area contributed by atoms with Crippen LogP contribution in [0.1, 0.15) is 32.0 Å². The average molecular weight is 601 g/mol. The lowest BCUT2D eigenvalue weighted by Gasteiger charge is -2.45. The lowest BCUT2D eigenvalue weighted by Crippen LogP contribution is -2.53. The number of aliphatic carboxylic acids is 3. The molecule has 0 radical (unpaired) electrons. The highest BCUT2D eigenvalue weighted by molar-refractivity contribution is 5.78. The Kier molecular flexibility index (Phi) is 9.39. The molecule has 1 aliphatic rings. The van der Waals surface area contributed by atoms with Crippen molar-refractivity contribution in [2.75, 3.05) is 6.61 Å². The smallest absolute Gasteiger partial charge is 0.303 e.